The van der Waals surface area contributed by atoms with Crippen LogP contribution < -0.4 is 9.47 Å². The van der Waals surface area contributed by atoms with E-state index in [9.17, 15) is 4.79 Å². The first kappa shape index (κ1) is 19.3. The molecule has 0 aliphatic rings. The van der Waals surface area contributed by atoms with Crippen molar-refractivity contribution in [2.24, 2.45) is 5.92 Å². The van der Waals surface area contributed by atoms with Crippen molar-refractivity contribution in [3.63, 3.8) is 0 Å². The Balaban J connectivity index is 2.27. The second-order valence-electron chi connectivity index (χ2n) is 5.52. The number of carbonyl (C=O) groups is 1. The molecule has 1 aromatic carbocycles. The molecule has 1 heterocycles. The van der Waals surface area contributed by atoms with Crippen molar-refractivity contribution in [3.05, 3.63) is 22.0 Å². The molecule has 0 bridgehead atoms. The summed E-state index contributed by atoms with van der Waals surface area (Å²) < 4.78 is 12.2. The summed E-state index contributed by atoms with van der Waals surface area (Å²) in [7, 11) is 1.60. The molecule has 1 N–H and O–H groups in total. The van der Waals surface area contributed by atoms with Crippen LogP contribution in [0, 0.1) is 5.92 Å². The van der Waals surface area contributed by atoms with Crippen LogP contribution in [0.5, 0.6) is 11.5 Å². The summed E-state index contributed by atoms with van der Waals surface area (Å²) >= 11 is 11.5. The third-order valence-electron chi connectivity index (χ3n) is 3.72. The summed E-state index contributed by atoms with van der Waals surface area (Å²) in [5.41, 5.74) is 0. The quantitative estimate of drug-likeness (QED) is 0.424. The zero-order valence-electron chi connectivity index (χ0n) is 13.6. The van der Waals surface area contributed by atoms with E-state index in [2.05, 4.69) is 15.9 Å². The zero-order valence-corrected chi connectivity index (χ0v) is 16.8. The van der Waals surface area contributed by atoms with Crippen LogP contribution in [0.2, 0.25) is 5.02 Å². The summed E-state index contributed by atoms with van der Waals surface area (Å²) in [6.07, 6.45) is 2.19. The fraction of sp³-hybridized carbons (Fsp3) is 0.471. The number of methoxy groups -OCH3 is 1. The van der Waals surface area contributed by atoms with Gasteiger partial charge in [0.15, 0.2) is 11.5 Å². The molecular weight excluding hydrogens is 416 g/mol. The first-order chi connectivity index (χ1) is 11.5. The number of hydrogen-bond donors (Lipinski definition) is 1. The minimum atomic E-state index is -0.765. The number of halogens is 2. The molecule has 132 valence electrons. The van der Waals surface area contributed by atoms with Gasteiger partial charge in [-0.1, -0.05) is 34.5 Å². The molecule has 0 fully saturated rings. The highest BCUT2D eigenvalue weighted by molar-refractivity contribution is 9.09. The number of hydrogen-bond acceptors (Lipinski definition) is 4. The number of aliphatic carboxylic acids is 1. The molecule has 0 unspecified atom stereocenters. The van der Waals surface area contributed by atoms with Gasteiger partial charge in [-0.05, 0) is 25.3 Å². The number of fused-ring (bicyclic) bond motifs is 1. The van der Waals surface area contributed by atoms with Crippen LogP contribution in [0.4, 0.5) is 0 Å². The van der Waals surface area contributed by atoms with E-state index in [1.165, 1.54) is 0 Å². The van der Waals surface area contributed by atoms with E-state index in [0.717, 1.165) is 26.7 Å². The minimum Gasteiger partial charge on any atom is -0.493 e. The van der Waals surface area contributed by atoms with Crippen LogP contribution >= 0.6 is 38.9 Å². The maximum atomic E-state index is 10.9. The number of carboxylic acid groups (broad SMARTS) is 1. The predicted octanol–water partition coefficient (Wildman–Crippen LogP) is 5.38. The number of carboxylic acids is 1. The van der Waals surface area contributed by atoms with E-state index in [-0.39, 0.29) is 5.92 Å². The lowest BCUT2D eigenvalue weighted by molar-refractivity contribution is -0.141. The molecule has 0 saturated carbocycles. The molecule has 0 radical (unpaired) electrons. The second-order valence-corrected chi connectivity index (χ2v) is 7.85. The Labute approximate surface area is 158 Å². The molecule has 2 aromatic rings. The predicted molar refractivity (Wildman–Crippen MR) is 102 cm³/mol. The average Bonchev–Trinajstić information content (AvgIpc) is 2.97. The van der Waals surface area contributed by atoms with Crippen LogP contribution in [-0.2, 0) is 11.2 Å². The minimum absolute atomic E-state index is 0.358. The SMILES string of the molecule is COc1cc2sc(CC[C@H](C)C(=O)O)cc2c(Cl)c1OCCCBr. The molecular formula is C17H20BrClO4S. The number of rotatable bonds is 9. The Kier molecular flexibility index (Phi) is 7.19. The topological polar surface area (TPSA) is 55.8 Å². The highest BCUT2D eigenvalue weighted by Gasteiger charge is 2.18. The van der Waals surface area contributed by atoms with Gasteiger partial charge in [0, 0.05) is 26.4 Å². The molecule has 2 rings (SSSR count). The number of aryl methyl sites for hydroxylation is 1. The Morgan fingerprint density at radius 3 is 2.83 bits per heavy atom. The van der Waals surface area contributed by atoms with Gasteiger partial charge in [-0.25, -0.2) is 0 Å². The molecule has 1 aromatic heterocycles. The van der Waals surface area contributed by atoms with Gasteiger partial charge in [0.2, 0.25) is 0 Å². The Hall–Kier alpha value is -0.980. The van der Waals surface area contributed by atoms with Gasteiger partial charge >= 0.3 is 5.97 Å². The summed E-state index contributed by atoms with van der Waals surface area (Å²) in [6, 6.07) is 3.95. The molecule has 0 aliphatic carbocycles. The van der Waals surface area contributed by atoms with Gasteiger partial charge in [-0.3, -0.25) is 4.79 Å². The Bertz CT molecular complexity index is 716. The summed E-state index contributed by atoms with van der Waals surface area (Å²) in [5, 5.41) is 11.3. The van der Waals surface area contributed by atoms with Crippen molar-refractivity contribution in [2.75, 3.05) is 19.0 Å². The highest BCUT2D eigenvalue weighted by atomic mass is 79.9. The molecule has 1 atom stereocenters. The maximum Gasteiger partial charge on any atom is 0.306 e. The third kappa shape index (κ3) is 4.55. The maximum absolute atomic E-state index is 10.9. The summed E-state index contributed by atoms with van der Waals surface area (Å²) in [4.78, 5) is 12.1. The van der Waals surface area contributed by atoms with Crippen molar-refractivity contribution in [1.82, 2.24) is 0 Å². The normalized spacial score (nSPS) is 12.3. The van der Waals surface area contributed by atoms with E-state index in [1.807, 2.05) is 12.1 Å². The average molecular weight is 436 g/mol. The lowest BCUT2D eigenvalue weighted by Crippen LogP contribution is -2.09. The van der Waals surface area contributed by atoms with Gasteiger partial charge in [0.25, 0.3) is 0 Å². The van der Waals surface area contributed by atoms with Gasteiger partial charge in [-0.2, -0.15) is 0 Å². The van der Waals surface area contributed by atoms with Gasteiger partial charge in [0.05, 0.1) is 24.7 Å². The van der Waals surface area contributed by atoms with Crippen LogP contribution in [-0.4, -0.2) is 30.1 Å². The van der Waals surface area contributed by atoms with Crippen LogP contribution in [0.15, 0.2) is 12.1 Å². The summed E-state index contributed by atoms with van der Waals surface area (Å²) in [6.45, 7) is 2.28. The van der Waals surface area contributed by atoms with Crippen LogP contribution in [0.25, 0.3) is 10.1 Å². The molecule has 24 heavy (non-hydrogen) atoms. The standard InChI is InChI=1S/C17H20BrClO4S/c1-10(17(20)21)4-5-11-8-12-14(24-11)9-13(22-2)16(15(12)19)23-7-3-6-18/h8-10H,3-7H2,1-2H3,(H,20,21)/t10-/m0/s1. The molecule has 0 saturated heterocycles. The van der Waals surface area contributed by atoms with Crippen molar-refractivity contribution < 1.29 is 19.4 Å². The molecule has 4 nitrogen and oxygen atoms in total. The molecule has 0 amide bonds. The lowest BCUT2D eigenvalue weighted by Gasteiger charge is -2.12. The largest absolute Gasteiger partial charge is 0.493 e. The smallest absolute Gasteiger partial charge is 0.306 e. The van der Waals surface area contributed by atoms with Crippen LogP contribution in [0.3, 0.4) is 0 Å². The lowest BCUT2D eigenvalue weighted by atomic mass is 10.1. The van der Waals surface area contributed by atoms with E-state index in [0.29, 0.717) is 36.0 Å². The van der Waals surface area contributed by atoms with Gasteiger partial charge in [-0.15, -0.1) is 11.3 Å². The summed E-state index contributed by atoms with van der Waals surface area (Å²) in [5.74, 6) is 0.0619. The van der Waals surface area contributed by atoms with Gasteiger partial charge < -0.3 is 14.6 Å². The zero-order chi connectivity index (χ0) is 17.7. The first-order valence-electron chi connectivity index (χ1n) is 7.68. The fourth-order valence-corrected chi connectivity index (χ4v) is 3.98. The fourth-order valence-electron chi connectivity index (χ4n) is 2.27. The highest BCUT2D eigenvalue weighted by Crippen LogP contribution is 2.44. The molecule has 0 spiro atoms. The van der Waals surface area contributed by atoms with E-state index >= 15 is 0 Å². The van der Waals surface area contributed by atoms with E-state index in [4.69, 9.17) is 26.2 Å². The van der Waals surface area contributed by atoms with Crippen molar-refractivity contribution in [3.8, 4) is 11.5 Å². The Morgan fingerprint density at radius 2 is 2.21 bits per heavy atom. The van der Waals surface area contributed by atoms with Crippen molar-refractivity contribution >= 4 is 54.9 Å². The van der Waals surface area contributed by atoms with Crippen molar-refractivity contribution in [2.45, 2.75) is 26.2 Å². The first-order valence-corrected chi connectivity index (χ1v) is 10.00. The second kappa shape index (κ2) is 8.92. The van der Waals surface area contributed by atoms with Crippen LogP contribution in [0.1, 0.15) is 24.6 Å². The third-order valence-corrected chi connectivity index (χ3v) is 5.80. The van der Waals surface area contributed by atoms with Crippen molar-refractivity contribution in [1.29, 1.82) is 0 Å². The van der Waals surface area contributed by atoms with E-state index < -0.39 is 5.97 Å². The number of thiophene rings is 1. The van der Waals surface area contributed by atoms with E-state index in [1.54, 1.807) is 25.4 Å². The monoisotopic (exact) mass is 434 g/mol. The number of ether oxygens (including phenoxy) is 2. The Morgan fingerprint density at radius 1 is 1.46 bits per heavy atom. The van der Waals surface area contributed by atoms with Gasteiger partial charge in [0.1, 0.15) is 0 Å². The number of alkyl halides is 1. The molecule has 0 aliphatic heterocycles. The molecule has 7 heteroatoms. The number of benzene rings is 1.